The SMILES string of the molecule is Cc1ccc(-c2ccc(C(F)(F)Oc3c[c-]c(-c4c[c-]c(-c5ccc(OC(F)(F)F)c(F)c5)[c-]c4)[c-]c3)c(F)c2)cc1.[Y].[Y].[Y].[Y]. The molecule has 0 N–H and O–H groups in total. The van der Waals surface area contributed by atoms with Crippen molar-refractivity contribution in [3.8, 4) is 44.9 Å². The molecule has 0 aliphatic carbocycles. The molecule has 0 aliphatic heterocycles. The van der Waals surface area contributed by atoms with Crippen LogP contribution in [0.2, 0.25) is 0 Å². The van der Waals surface area contributed by atoms with E-state index in [1.807, 2.05) is 19.1 Å². The van der Waals surface area contributed by atoms with Gasteiger partial charge in [0.1, 0.15) is 11.6 Å². The number of ether oxygens (including phenoxy) is 2. The minimum atomic E-state index is -5.03. The number of benzene rings is 5. The van der Waals surface area contributed by atoms with Crippen molar-refractivity contribution in [2.75, 3.05) is 0 Å². The Kier molecular flexibility index (Phi) is 17.6. The van der Waals surface area contributed by atoms with Crippen LogP contribution in [0.15, 0.2) is 84.9 Å². The van der Waals surface area contributed by atoms with Crippen molar-refractivity contribution in [3.63, 3.8) is 0 Å². The summed E-state index contributed by atoms with van der Waals surface area (Å²) in [6.45, 7) is 1.90. The average Bonchev–Trinajstić information content (AvgIpc) is 2.94. The second-order valence-corrected chi connectivity index (χ2v) is 9.13. The molecule has 0 heterocycles. The van der Waals surface area contributed by atoms with Crippen molar-refractivity contribution in [3.05, 3.63) is 132 Å². The van der Waals surface area contributed by atoms with Gasteiger partial charge in [-0.15, -0.1) is 19.2 Å². The Hall–Kier alpha value is -0.374. The maximum absolute atomic E-state index is 14.9. The van der Waals surface area contributed by atoms with Gasteiger partial charge >= 0.3 is 12.5 Å². The molecule has 0 bridgehead atoms. The first kappa shape index (κ1) is 43.6. The summed E-state index contributed by atoms with van der Waals surface area (Å²) in [7, 11) is 0. The summed E-state index contributed by atoms with van der Waals surface area (Å²) >= 11 is 0. The molecule has 13 heteroatoms. The summed E-state index contributed by atoms with van der Waals surface area (Å²) in [5.74, 6) is -3.63. The zero-order chi connectivity index (χ0) is 30.1. The average molecular weight is 934 g/mol. The van der Waals surface area contributed by atoms with Crippen LogP contribution >= 0.6 is 0 Å². The van der Waals surface area contributed by atoms with Crippen molar-refractivity contribution in [1.29, 1.82) is 0 Å². The first-order chi connectivity index (χ1) is 19.9. The van der Waals surface area contributed by atoms with Crippen LogP contribution in [-0.4, -0.2) is 6.36 Å². The molecule has 46 heavy (non-hydrogen) atoms. The van der Waals surface area contributed by atoms with Gasteiger partial charge in [-0.25, -0.2) is 26.5 Å². The van der Waals surface area contributed by atoms with Gasteiger partial charge in [0.25, 0.3) is 0 Å². The van der Waals surface area contributed by atoms with Crippen LogP contribution in [0.5, 0.6) is 11.5 Å². The maximum Gasteiger partial charge on any atom is 0.573 e. The van der Waals surface area contributed by atoms with E-state index in [0.717, 1.165) is 42.0 Å². The van der Waals surface area contributed by atoms with E-state index >= 15 is 0 Å². The van der Waals surface area contributed by atoms with Gasteiger partial charge in [0.05, 0.1) is 5.56 Å². The molecule has 0 spiro atoms. The predicted octanol–water partition coefficient (Wildman–Crippen LogP) is 9.49. The number of aryl methyl sites for hydroxylation is 1. The van der Waals surface area contributed by atoms with E-state index in [4.69, 9.17) is 4.74 Å². The molecule has 0 unspecified atom stereocenters. The Bertz CT molecular complexity index is 1710. The zero-order valence-corrected chi connectivity index (χ0v) is 35.2. The summed E-state index contributed by atoms with van der Waals surface area (Å²) in [4.78, 5) is 0. The van der Waals surface area contributed by atoms with E-state index in [-0.39, 0.29) is 148 Å². The van der Waals surface area contributed by atoms with Crippen LogP contribution in [0, 0.1) is 42.8 Å². The topological polar surface area (TPSA) is 18.5 Å². The van der Waals surface area contributed by atoms with E-state index in [2.05, 4.69) is 29.0 Å². The fourth-order valence-corrected chi connectivity index (χ4v) is 4.03. The van der Waals surface area contributed by atoms with Gasteiger partial charge in [-0.2, -0.15) is 26.5 Å². The van der Waals surface area contributed by atoms with E-state index in [1.54, 1.807) is 12.1 Å². The molecule has 5 aromatic carbocycles. The standard InChI is InChI=1S/C33H17F7O2.4Y/c1-20-2-4-23(5-3-20)25-12-16-28(29(34)18-25)32(36,37)41-27-14-10-22(11-15-27)21-6-8-24(9-7-21)26-13-17-31(30(35)19-26)42-33(38,39)40;;;;/h2-7,12-19H,1H3;;;;/q-4;;;;. The Labute approximate surface area is 362 Å². The zero-order valence-electron chi connectivity index (χ0n) is 23.9. The fraction of sp³-hybridized carbons (Fsp3) is 0.0909. The largest absolute Gasteiger partial charge is 0.573 e. The first-order valence-electron chi connectivity index (χ1n) is 12.2. The summed E-state index contributed by atoms with van der Waals surface area (Å²) in [6, 6.07) is 29.8. The van der Waals surface area contributed by atoms with Gasteiger partial charge in [-0.1, -0.05) is 42.0 Å². The van der Waals surface area contributed by atoms with Gasteiger partial charge in [-0.3, -0.25) is 35.4 Å². The maximum atomic E-state index is 14.9. The van der Waals surface area contributed by atoms with Crippen LogP contribution in [0.3, 0.4) is 0 Å². The van der Waals surface area contributed by atoms with Crippen molar-refractivity contribution >= 4 is 0 Å². The van der Waals surface area contributed by atoms with E-state index in [1.165, 1.54) is 24.3 Å². The molecule has 4 radical (unpaired) electrons. The van der Waals surface area contributed by atoms with Crippen LogP contribution in [-0.2, 0) is 137 Å². The van der Waals surface area contributed by atoms with Gasteiger partial charge in [-0.05, 0) is 42.0 Å². The smallest absolute Gasteiger partial charge is 0.524 e. The quantitative estimate of drug-likeness (QED) is 0.120. The second-order valence-electron chi connectivity index (χ2n) is 9.13. The predicted molar refractivity (Wildman–Crippen MR) is 140 cm³/mol. The monoisotopic (exact) mass is 934 g/mol. The molecule has 5 aromatic rings. The third kappa shape index (κ3) is 11.3. The molecular weight excluding hydrogens is 917 g/mol. The van der Waals surface area contributed by atoms with Crippen LogP contribution in [0.25, 0.3) is 33.4 Å². The Morgan fingerprint density at radius 3 is 1.59 bits per heavy atom. The van der Waals surface area contributed by atoms with Crippen LogP contribution in [0.4, 0.5) is 30.7 Å². The second kappa shape index (κ2) is 18.6. The molecule has 226 valence electrons. The van der Waals surface area contributed by atoms with Crippen molar-refractivity contribution in [2.45, 2.75) is 19.4 Å². The summed E-state index contributed by atoms with van der Waals surface area (Å²) < 4.78 is 104. The molecule has 0 saturated carbocycles. The number of alkyl halides is 5. The third-order valence-corrected chi connectivity index (χ3v) is 6.11. The van der Waals surface area contributed by atoms with Gasteiger partial charge in [0.15, 0.2) is 5.75 Å². The Balaban J connectivity index is 0.00000264. The first-order valence-corrected chi connectivity index (χ1v) is 12.2. The van der Waals surface area contributed by atoms with Crippen molar-refractivity contribution in [2.24, 2.45) is 0 Å². The summed E-state index contributed by atoms with van der Waals surface area (Å²) in [5.41, 5.74) is 2.45. The minimum Gasteiger partial charge on any atom is -0.524 e. The van der Waals surface area contributed by atoms with E-state index in [9.17, 15) is 30.7 Å². The molecule has 0 atom stereocenters. The van der Waals surface area contributed by atoms with Crippen molar-refractivity contribution < 1.29 is 171 Å². The van der Waals surface area contributed by atoms with Crippen LogP contribution < -0.4 is 9.47 Å². The normalized spacial score (nSPS) is 10.8. The molecule has 0 fully saturated rings. The third-order valence-electron chi connectivity index (χ3n) is 6.11. The Morgan fingerprint density at radius 2 is 1.04 bits per heavy atom. The van der Waals surface area contributed by atoms with E-state index < -0.39 is 35.4 Å². The van der Waals surface area contributed by atoms with Gasteiger partial charge in [0.2, 0.25) is 0 Å². The number of halogens is 7. The van der Waals surface area contributed by atoms with Gasteiger partial charge < -0.3 is 9.47 Å². The molecular formula is C33H17F7O2Y4-4. The molecule has 5 rings (SSSR count). The van der Waals surface area contributed by atoms with E-state index in [0.29, 0.717) is 22.3 Å². The minimum absolute atomic E-state index is 0. The van der Waals surface area contributed by atoms with Gasteiger partial charge in [0, 0.05) is 131 Å². The summed E-state index contributed by atoms with van der Waals surface area (Å²) in [5, 5.41) is 0. The summed E-state index contributed by atoms with van der Waals surface area (Å²) in [6.07, 6.45) is -9.02. The van der Waals surface area contributed by atoms with Crippen molar-refractivity contribution in [1.82, 2.24) is 0 Å². The number of rotatable bonds is 7. The molecule has 0 aromatic heterocycles. The molecule has 2 nitrogen and oxygen atoms in total. The molecule has 0 amide bonds. The Morgan fingerprint density at radius 1 is 0.543 bits per heavy atom. The molecule has 0 aliphatic rings. The number of hydrogen-bond acceptors (Lipinski definition) is 2. The number of hydrogen-bond donors (Lipinski definition) is 0. The fourth-order valence-electron chi connectivity index (χ4n) is 4.03. The van der Waals surface area contributed by atoms with Crippen LogP contribution in [0.1, 0.15) is 11.1 Å². The molecule has 0 saturated heterocycles.